The highest BCUT2D eigenvalue weighted by Gasteiger charge is 2.09. The van der Waals surface area contributed by atoms with E-state index in [2.05, 4.69) is 5.32 Å². The van der Waals surface area contributed by atoms with Gasteiger partial charge in [-0.2, -0.15) is 0 Å². The normalized spacial score (nSPS) is 10.1. The molecule has 0 saturated heterocycles. The van der Waals surface area contributed by atoms with E-state index in [0.717, 1.165) is 6.08 Å². The third-order valence-corrected chi connectivity index (χ3v) is 1.94. The largest absolute Gasteiger partial charge is 0.480 e. The molecule has 2 N–H and O–H groups in total. The van der Waals surface area contributed by atoms with Gasteiger partial charge in [-0.15, -0.1) is 0 Å². The minimum atomic E-state index is -1.12. The number of carbonyl (C=O) groups is 2. The molecule has 5 nitrogen and oxygen atoms in total. The molecule has 1 amide bonds. The van der Waals surface area contributed by atoms with Gasteiger partial charge in [-0.05, 0) is 17.7 Å². The summed E-state index contributed by atoms with van der Waals surface area (Å²) in [5.74, 6) is -1.62. The van der Waals surface area contributed by atoms with Gasteiger partial charge in [0.2, 0.25) is 6.29 Å². The zero-order chi connectivity index (χ0) is 12.7. The molecule has 0 aliphatic rings. The van der Waals surface area contributed by atoms with Crippen LogP contribution in [0.25, 0.3) is 6.08 Å². The van der Waals surface area contributed by atoms with Crippen LogP contribution in [-0.4, -0.2) is 29.8 Å². The lowest BCUT2D eigenvalue weighted by molar-refractivity contribution is -0.135. The van der Waals surface area contributed by atoms with Crippen molar-refractivity contribution in [3.05, 3.63) is 41.5 Å². The van der Waals surface area contributed by atoms with Crippen LogP contribution >= 0.6 is 0 Å². The Labute approximate surface area is 97.8 Å². The van der Waals surface area contributed by atoms with Crippen LogP contribution in [-0.2, 0) is 9.59 Å². The molecule has 0 atom stereocenters. The number of carboxylic acids is 1. The second-order valence-corrected chi connectivity index (χ2v) is 3.11. The molecule has 0 aliphatic heterocycles. The SMILES string of the molecule is O=[C]/C=C/c1ccccc1C(=O)NCC(=O)O. The standard InChI is InChI=1S/C12H10NO4/c14-7-3-5-9-4-1-2-6-10(9)12(17)13-8-11(15)16/h1-6H,8H2,(H,13,17)(H,15,16)/b5-3+. The molecule has 5 heteroatoms. The van der Waals surface area contributed by atoms with Crippen LogP contribution < -0.4 is 5.32 Å². The summed E-state index contributed by atoms with van der Waals surface area (Å²) in [5, 5.41) is 10.7. The Morgan fingerprint density at radius 3 is 2.71 bits per heavy atom. The number of hydrogen-bond donors (Lipinski definition) is 2. The Morgan fingerprint density at radius 1 is 1.35 bits per heavy atom. The van der Waals surface area contributed by atoms with E-state index in [1.165, 1.54) is 6.08 Å². The Balaban J connectivity index is 2.88. The van der Waals surface area contributed by atoms with Gasteiger partial charge in [0.15, 0.2) is 0 Å². The lowest BCUT2D eigenvalue weighted by Gasteiger charge is -2.05. The summed E-state index contributed by atoms with van der Waals surface area (Å²) in [5.41, 5.74) is 0.832. The molecule has 0 aromatic heterocycles. The number of rotatable bonds is 5. The van der Waals surface area contributed by atoms with Crippen molar-refractivity contribution < 1.29 is 19.5 Å². The molecule has 87 valence electrons. The van der Waals surface area contributed by atoms with Crippen LogP contribution in [0.4, 0.5) is 0 Å². The first-order valence-electron chi connectivity index (χ1n) is 4.78. The van der Waals surface area contributed by atoms with E-state index in [-0.39, 0.29) is 0 Å². The second-order valence-electron chi connectivity index (χ2n) is 3.11. The number of amides is 1. The zero-order valence-corrected chi connectivity index (χ0v) is 8.84. The molecular formula is C12H10NO4. The number of carbonyl (C=O) groups excluding carboxylic acids is 2. The molecule has 0 heterocycles. The third-order valence-electron chi connectivity index (χ3n) is 1.94. The highest BCUT2D eigenvalue weighted by molar-refractivity contribution is 5.99. The minimum absolute atomic E-state index is 0.306. The zero-order valence-electron chi connectivity index (χ0n) is 8.84. The van der Waals surface area contributed by atoms with Crippen molar-refractivity contribution in [3.63, 3.8) is 0 Å². The highest BCUT2D eigenvalue weighted by atomic mass is 16.4. The van der Waals surface area contributed by atoms with Crippen molar-refractivity contribution >= 4 is 24.2 Å². The summed E-state index contributed by atoms with van der Waals surface area (Å²) >= 11 is 0. The first kappa shape index (κ1) is 12.6. The quantitative estimate of drug-likeness (QED) is 0.729. The van der Waals surface area contributed by atoms with Gasteiger partial charge >= 0.3 is 5.97 Å². The van der Waals surface area contributed by atoms with Gasteiger partial charge < -0.3 is 10.4 Å². The number of hydrogen-bond acceptors (Lipinski definition) is 3. The number of nitrogens with one attached hydrogen (secondary N) is 1. The maximum absolute atomic E-state index is 11.6. The van der Waals surface area contributed by atoms with Crippen molar-refractivity contribution in [2.75, 3.05) is 6.54 Å². The molecule has 1 aromatic carbocycles. The predicted molar refractivity (Wildman–Crippen MR) is 61.1 cm³/mol. The van der Waals surface area contributed by atoms with Crippen molar-refractivity contribution in [1.29, 1.82) is 0 Å². The molecule has 1 aromatic rings. The van der Waals surface area contributed by atoms with E-state index in [1.54, 1.807) is 30.6 Å². The molecule has 0 saturated carbocycles. The Hall–Kier alpha value is -2.43. The van der Waals surface area contributed by atoms with Gasteiger partial charge in [-0.25, -0.2) is 0 Å². The molecule has 0 unspecified atom stereocenters. The molecule has 1 rings (SSSR count). The number of aliphatic carboxylic acids is 1. The smallest absolute Gasteiger partial charge is 0.322 e. The third kappa shape index (κ3) is 3.90. The summed E-state index contributed by atoms with van der Waals surface area (Å²) in [7, 11) is 0. The molecule has 0 spiro atoms. The van der Waals surface area contributed by atoms with Gasteiger partial charge in [0.05, 0.1) is 0 Å². The first-order valence-corrected chi connectivity index (χ1v) is 4.78. The predicted octanol–water partition coefficient (Wildman–Crippen LogP) is 0.624. The highest BCUT2D eigenvalue weighted by Crippen LogP contribution is 2.10. The monoisotopic (exact) mass is 232 g/mol. The van der Waals surface area contributed by atoms with Gasteiger partial charge in [0.1, 0.15) is 6.54 Å². The van der Waals surface area contributed by atoms with E-state index in [0.29, 0.717) is 11.1 Å². The van der Waals surface area contributed by atoms with Crippen LogP contribution in [0.1, 0.15) is 15.9 Å². The second kappa shape index (κ2) is 6.22. The van der Waals surface area contributed by atoms with E-state index in [1.807, 2.05) is 0 Å². The Morgan fingerprint density at radius 2 is 2.06 bits per heavy atom. The molecule has 0 aliphatic carbocycles. The van der Waals surface area contributed by atoms with Crippen LogP contribution in [0.5, 0.6) is 0 Å². The van der Waals surface area contributed by atoms with E-state index < -0.39 is 18.4 Å². The first-order chi connectivity index (χ1) is 8.15. The van der Waals surface area contributed by atoms with Crippen LogP contribution in [0.3, 0.4) is 0 Å². The van der Waals surface area contributed by atoms with Gasteiger partial charge in [0, 0.05) is 5.56 Å². The maximum atomic E-state index is 11.6. The van der Waals surface area contributed by atoms with Crippen molar-refractivity contribution in [2.24, 2.45) is 0 Å². The maximum Gasteiger partial charge on any atom is 0.322 e. The van der Waals surface area contributed by atoms with Crippen LogP contribution in [0, 0.1) is 0 Å². The van der Waals surface area contributed by atoms with Crippen LogP contribution in [0.2, 0.25) is 0 Å². The Kier molecular flexibility index (Phi) is 4.62. The molecule has 17 heavy (non-hydrogen) atoms. The van der Waals surface area contributed by atoms with E-state index in [9.17, 15) is 14.4 Å². The van der Waals surface area contributed by atoms with Crippen molar-refractivity contribution in [2.45, 2.75) is 0 Å². The Bertz CT molecular complexity index is 465. The topological polar surface area (TPSA) is 83.5 Å². The lowest BCUT2D eigenvalue weighted by Crippen LogP contribution is -2.29. The van der Waals surface area contributed by atoms with E-state index in [4.69, 9.17) is 5.11 Å². The fourth-order valence-electron chi connectivity index (χ4n) is 1.22. The average molecular weight is 232 g/mol. The lowest BCUT2D eigenvalue weighted by atomic mass is 10.1. The average Bonchev–Trinajstić information content (AvgIpc) is 2.33. The summed E-state index contributed by atoms with van der Waals surface area (Å²) in [6, 6.07) is 6.54. The molecule has 1 radical (unpaired) electrons. The fraction of sp³-hybridized carbons (Fsp3) is 0.0833. The molecule has 0 fully saturated rings. The van der Waals surface area contributed by atoms with E-state index >= 15 is 0 Å². The molecule has 0 bridgehead atoms. The minimum Gasteiger partial charge on any atom is -0.480 e. The summed E-state index contributed by atoms with van der Waals surface area (Å²) in [6.07, 6.45) is 4.15. The number of allylic oxidation sites excluding steroid dienone is 1. The number of benzene rings is 1. The van der Waals surface area contributed by atoms with Crippen molar-refractivity contribution in [3.8, 4) is 0 Å². The van der Waals surface area contributed by atoms with Gasteiger partial charge in [-0.3, -0.25) is 14.4 Å². The summed E-state index contributed by atoms with van der Waals surface area (Å²) in [6.45, 7) is -0.448. The summed E-state index contributed by atoms with van der Waals surface area (Å²) < 4.78 is 0. The van der Waals surface area contributed by atoms with Crippen LogP contribution in [0.15, 0.2) is 30.3 Å². The number of carboxylic acid groups (broad SMARTS) is 1. The molecular weight excluding hydrogens is 222 g/mol. The fourth-order valence-corrected chi connectivity index (χ4v) is 1.22. The van der Waals surface area contributed by atoms with Gasteiger partial charge in [0.25, 0.3) is 5.91 Å². The van der Waals surface area contributed by atoms with Gasteiger partial charge in [-0.1, -0.05) is 24.3 Å². The van der Waals surface area contributed by atoms with Crippen molar-refractivity contribution in [1.82, 2.24) is 5.32 Å². The summed E-state index contributed by atoms with van der Waals surface area (Å²) in [4.78, 5) is 32.0.